The topological polar surface area (TPSA) is 50.9 Å². The van der Waals surface area contributed by atoms with Gasteiger partial charge in [0.15, 0.2) is 5.13 Å². The molecule has 4 heteroatoms. The van der Waals surface area contributed by atoms with Gasteiger partial charge in [-0.3, -0.25) is 0 Å². The van der Waals surface area contributed by atoms with Gasteiger partial charge in [-0.25, -0.2) is 4.98 Å². The minimum Gasteiger partial charge on any atom is -0.375 e. The quantitative estimate of drug-likeness (QED) is 0.908. The third-order valence-electron chi connectivity index (χ3n) is 4.09. The van der Waals surface area contributed by atoms with Crippen molar-refractivity contribution >= 4 is 16.5 Å². The molecule has 106 valence electrons. The Morgan fingerprint density at radius 3 is 2.90 bits per heavy atom. The molecule has 1 aliphatic carbocycles. The first-order valence-electron chi connectivity index (χ1n) is 7.28. The zero-order valence-electron chi connectivity index (χ0n) is 11.9. The molecular formula is C16H21N3S. The van der Waals surface area contributed by atoms with Crippen molar-refractivity contribution in [3.05, 3.63) is 46.5 Å². The van der Waals surface area contributed by atoms with Crippen LogP contribution in [0.1, 0.15) is 35.9 Å². The standard InChI is InChI=1S/C16H21N3S/c1-2-10-18-16(12-6-4-3-5-7-12)9-8-13-14(11-16)20-15(17)19-13/h3-7,18H,2,8-11H2,1H3,(H2,17,19). The highest BCUT2D eigenvalue weighted by Crippen LogP contribution is 2.39. The molecule has 1 aliphatic rings. The first-order valence-corrected chi connectivity index (χ1v) is 8.10. The number of aromatic nitrogens is 1. The molecular weight excluding hydrogens is 266 g/mol. The maximum atomic E-state index is 5.87. The maximum absolute atomic E-state index is 5.87. The highest BCUT2D eigenvalue weighted by molar-refractivity contribution is 7.15. The van der Waals surface area contributed by atoms with E-state index in [2.05, 4.69) is 47.6 Å². The number of nitrogens with two attached hydrogens (primary N) is 1. The minimum absolute atomic E-state index is 0.0449. The highest BCUT2D eigenvalue weighted by atomic mass is 32.1. The summed E-state index contributed by atoms with van der Waals surface area (Å²) in [5.74, 6) is 0. The average molecular weight is 287 g/mol. The number of benzene rings is 1. The van der Waals surface area contributed by atoms with E-state index in [1.165, 1.54) is 16.1 Å². The number of rotatable bonds is 4. The number of anilines is 1. The van der Waals surface area contributed by atoms with Crippen molar-refractivity contribution in [2.45, 2.75) is 38.1 Å². The third-order valence-corrected chi connectivity index (χ3v) is 5.01. The van der Waals surface area contributed by atoms with Crippen LogP contribution in [0, 0.1) is 0 Å². The minimum atomic E-state index is 0.0449. The van der Waals surface area contributed by atoms with Gasteiger partial charge in [0.25, 0.3) is 0 Å². The van der Waals surface area contributed by atoms with Crippen LogP contribution in [-0.2, 0) is 18.4 Å². The fourth-order valence-corrected chi connectivity index (χ4v) is 4.04. The molecule has 1 heterocycles. The number of fused-ring (bicyclic) bond motifs is 1. The lowest BCUT2D eigenvalue weighted by atomic mass is 9.77. The molecule has 3 rings (SSSR count). The lowest BCUT2D eigenvalue weighted by Gasteiger charge is -2.38. The van der Waals surface area contributed by atoms with E-state index in [9.17, 15) is 0 Å². The number of hydrogen-bond acceptors (Lipinski definition) is 4. The largest absolute Gasteiger partial charge is 0.375 e. The van der Waals surface area contributed by atoms with Gasteiger partial charge >= 0.3 is 0 Å². The molecule has 2 aromatic rings. The monoisotopic (exact) mass is 287 g/mol. The van der Waals surface area contributed by atoms with Crippen LogP contribution < -0.4 is 11.1 Å². The Balaban J connectivity index is 1.96. The summed E-state index contributed by atoms with van der Waals surface area (Å²) in [6.45, 7) is 3.25. The van der Waals surface area contributed by atoms with Crippen molar-refractivity contribution in [2.24, 2.45) is 0 Å². The third kappa shape index (κ3) is 2.45. The summed E-state index contributed by atoms with van der Waals surface area (Å²) in [7, 11) is 0. The van der Waals surface area contributed by atoms with Crippen LogP contribution in [0.3, 0.4) is 0 Å². The molecule has 1 aromatic heterocycles. The Morgan fingerprint density at radius 1 is 1.35 bits per heavy atom. The van der Waals surface area contributed by atoms with E-state index in [0.29, 0.717) is 5.13 Å². The van der Waals surface area contributed by atoms with E-state index in [-0.39, 0.29) is 5.54 Å². The van der Waals surface area contributed by atoms with E-state index in [0.717, 1.165) is 32.2 Å². The fraction of sp³-hybridized carbons (Fsp3) is 0.438. The van der Waals surface area contributed by atoms with Gasteiger partial charge in [0, 0.05) is 16.8 Å². The molecule has 3 N–H and O–H groups in total. The van der Waals surface area contributed by atoms with Gasteiger partial charge < -0.3 is 11.1 Å². The normalized spacial score (nSPS) is 21.6. The molecule has 0 amide bonds. The number of aryl methyl sites for hydroxylation is 1. The predicted molar refractivity (Wildman–Crippen MR) is 85.0 cm³/mol. The van der Waals surface area contributed by atoms with Crippen LogP contribution >= 0.6 is 11.3 Å². The van der Waals surface area contributed by atoms with Crippen molar-refractivity contribution in [2.75, 3.05) is 12.3 Å². The molecule has 0 radical (unpaired) electrons. The summed E-state index contributed by atoms with van der Waals surface area (Å²) < 4.78 is 0. The summed E-state index contributed by atoms with van der Waals surface area (Å²) >= 11 is 1.65. The lowest BCUT2D eigenvalue weighted by molar-refractivity contribution is 0.293. The second-order valence-corrected chi connectivity index (χ2v) is 6.59. The van der Waals surface area contributed by atoms with E-state index in [4.69, 9.17) is 5.73 Å². The van der Waals surface area contributed by atoms with Crippen molar-refractivity contribution < 1.29 is 0 Å². The Kier molecular flexibility index (Phi) is 3.76. The van der Waals surface area contributed by atoms with Gasteiger partial charge in [0.1, 0.15) is 0 Å². The second kappa shape index (κ2) is 5.54. The van der Waals surface area contributed by atoms with Crippen molar-refractivity contribution in [3.63, 3.8) is 0 Å². The number of nitrogens with zero attached hydrogens (tertiary/aromatic N) is 1. The maximum Gasteiger partial charge on any atom is 0.180 e. The van der Waals surface area contributed by atoms with Crippen molar-refractivity contribution in [3.8, 4) is 0 Å². The summed E-state index contributed by atoms with van der Waals surface area (Å²) in [4.78, 5) is 5.81. The van der Waals surface area contributed by atoms with Crippen molar-refractivity contribution in [1.82, 2.24) is 10.3 Å². The summed E-state index contributed by atoms with van der Waals surface area (Å²) in [5.41, 5.74) is 8.50. The predicted octanol–water partition coefficient (Wildman–Crippen LogP) is 3.11. The molecule has 3 nitrogen and oxygen atoms in total. The fourth-order valence-electron chi connectivity index (χ4n) is 3.05. The Bertz CT molecular complexity index is 579. The number of hydrogen-bond donors (Lipinski definition) is 2. The SMILES string of the molecule is CCCNC1(c2ccccc2)CCc2nc(N)sc2C1. The smallest absolute Gasteiger partial charge is 0.180 e. The van der Waals surface area contributed by atoms with Gasteiger partial charge in [-0.15, -0.1) is 11.3 Å². The van der Waals surface area contributed by atoms with Gasteiger partial charge in [-0.05, 0) is 31.4 Å². The summed E-state index contributed by atoms with van der Waals surface area (Å²) in [6, 6.07) is 10.8. The summed E-state index contributed by atoms with van der Waals surface area (Å²) in [5, 5.41) is 4.49. The van der Waals surface area contributed by atoms with Crippen LogP contribution in [-0.4, -0.2) is 11.5 Å². The van der Waals surface area contributed by atoms with Gasteiger partial charge in [0.2, 0.25) is 0 Å². The van der Waals surface area contributed by atoms with Crippen LogP contribution in [0.5, 0.6) is 0 Å². The molecule has 0 saturated carbocycles. The Hall–Kier alpha value is -1.39. The second-order valence-electron chi connectivity index (χ2n) is 5.47. The van der Waals surface area contributed by atoms with Crippen LogP contribution in [0.15, 0.2) is 30.3 Å². The van der Waals surface area contributed by atoms with E-state index in [1.54, 1.807) is 11.3 Å². The van der Waals surface area contributed by atoms with Gasteiger partial charge in [0.05, 0.1) is 5.69 Å². The Labute approximate surface area is 124 Å². The first-order chi connectivity index (χ1) is 9.73. The molecule has 0 spiro atoms. The average Bonchev–Trinajstić information content (AvgIpc) is 2.85. The zero-order valence-corrected chi connectivity index (χ0v) is 12.7. The number of nitrogen functional groups attached to an aromatic ring is 1. The molecule has 1 aromatic carbocycles. The van der Waals surface area contributed by atoms with Crippen LogP contribution in [0.2, 0.25) is 0 Å². The van der Waals surface area contributed by atoms with Crippen molar-refractivity contribution in [1.29, 1.82) is 0 Å². The Morgan fingerprint density at radius 2 is 2.15 bits per heavy atom. The molecule has 0 saturated heterocycles. The number of thiazole rings is 1. The molecule has 0 fully saturated rings. The van der Waals surface area contributed by atoms with Gasteiger partial charge in [-0.2, -0.15) is 0 Å². The molecule has 1 unspecified atom stereocenters. The number of nitrogens with one attached hydrogen (secondary N) is 1. The van der Waals surface area contributed by atoms with E-state index >= 15 is 0 Å². The zero-order chi connectivity index (χ0) is 14.0. The highest BCUT2D eigenvalue weighted by Gasteiger charge is 2.37. The molecule has 0 bridgehead atoms. The summed E-state index contributed by atoms with van der Waals surface area (Å²) in [6.07, 6.45) is 4.25. The molecule has 1 atom stereocenters. The first kappa shape index (κ1) is 13.6. The van der Waals surface area contributed by atoms with E-state index < -0.39 is 0 Å². The molecule has 20 heavy (non-hydrogen) atoms. The van der Waals surface area contributed by atoms with Crippen LogP contribution in [0.25, 0.3) is 0 Å². The molecule has 0 aliphatic heterocycles. The lowest BCUT2D eigenvalue weighted by Crippen LogP contribution is -2.46. The van der Waals surface area contributed by atoms with Crippen LogP contribution in [0.4, 0.5) is 5.13 Å². The van der Waals surface area contributed by atoms with E-state index in [1.807, 2.05) is 0 Å². The van der Waals surface area contributed by atoms with Gasteiger partial charge in [-0.1, -0.05) is 37.3 Å².